The summed E-state index contributed by atoms with van der Waals surface area (Å²) >= 11 is 0. The lowest BCUT2D eigenvalue weighted by Gasteiger charge is -2.03. The summed E-state index contributed by atoms with van der Waals surface area (Å²) in [5.74, 6) is 0. The fraction of sp³-hybridized carbons (Fsp3) is 0.250. The van der Waals surface area contributed by atoms with Gasteiger partial charge in [-0.2, -0.15) is 0 Å². The first-order valence-corrected chi connectivity index (χ1v) is 3.42. The van der Waals surface area contributed by atoms with Gasteiger partial charge in [-0.25, -0.2) is 0 Å². The first-order chi connectivity index (χ1) is 4.84. The van der Waals surface area contributed by atoms with Gasteiger partial charge in [-0.15, -0.1) is 0 Å². The maximum Gasteiger partial charge on any atom is 0.323 e. The highest BCUT2D eigenvalue weighted by molar-refractivity contribution is 6.66. The lowest BCUT2D eigenvalue weighted by molar-refractivity contribution is 0.434. The molecule has 0 aromatic heterocycles. The van der Waals surface area contributed by atoms with E-state index in [1.54, 1.807) is 7.11 Å². The van der Waals surface area contributed by atoms with E-state index in [1.807, 2.05) is 25.0 Å². The maximum absolute atomic E-state index is 5.14. The van der Waals surface area contributed by atoms with Crippen LogP contribution in [-0.2, 0) is 4.65 Å². The van der Waals surface area contributed by atoms with Crippen LogP contribution in [0.15, 0.2) is 30.3 Å². The SMILES string of the molecule is COB(C)c1ccccc1. The second-order valence-electron chi connectivity index (χ2n) is 2.29. The van der Waals surface area contributed by atoms with Crippen LogP contribution in [0.3, 0.4) is 0 Å². The van der Waals surface area contributed by atoms with Gasteiger partial charge in [-0.1, -0.05) is 37.2 Å². The minimum Gasteiger partial charge on any atom is -0.434 e. The van der Waals surface area contributed by atoms with Crippen LogP contribution in [0.4, 0.5) is 0 Å². The molecule has 0 radical (unpaired) electrons. The second-order valence-corrected chi connectivity index (χ2v) is 2.29. The van der Waals surface area contributed by atoms with Gasteiger partial charge in [0.25, 0.3) is 0 Å². The van der Waals surface area contributed by atoms with Gasteiger partial charge in [0.1, 0.15) is 0 Å². The molecule has 0 saturated heterocycles. The summed E-state index contributed by atoms with van der Waals surface area (Å²) in [6, 6.07) is 10.2. The van der Waals surface area contributed by atoms with Crippen LogP contribution in [-0.4, -0.2) is 14.0 Å². The summed E-state index contributed by atoms with van der Waals surface area (Å²) in [5.41, 5.74) is 1.23. The van der Waals surface area contributed by atoms with E-state index in [1.165, 1.54) is 5.46 Å². The molecule has 10 heavy (non-hydrogen) atoms. The Morgan fingerprint density at radius 3 is 2.30 bits per heavy atom. The molecule has 1 rings (SSSR count). The summed E-state index contributed by atoms with van der Waals surface area (Å²) in [7, 11) is 1.72. The fourth-order valence-electron chi connectivity index (χ4n) is 0.860. The smallest absolute Gasteiger partial charge is 0.323 e. The van der Waals surface area contributed by atoms with E-state index < -0.39 is 0 Å². The Balaban J connectivity index is 2.75. The number of hydrogen-bond donors (Lipinski definition) is 0. The molecule has 0 aliphatic heterocycles. The van der Waals surface area contributed by atoms with Crippen molar-refractivity contribution < 1.29 is 4.65 Å². The third-order valence-corrected chi connectivity index (χ3v) is 1.62. The zero-order valence-corrected chi connectivity index (χ0v) is 6.37. The lowest BCUT2D eigenvalue weighted by atomic mass is 9.64. The quantitative estimate of drug-likeness (QED) is 0.551. The van der Waals surface area contributed by atoms with Crippen LogP contribution in [0.25, 0.3) is 0 Å². The average molecular weight is 134 g/mol. The van der Waals surface area contributed by atoms with Gasteiger partial charge in [-0.05, 0) is 5.46 Å². The molecule has 0 aliphatic rings. The molecular formula is C8H11BO. The van der Waals surface area contributed by atoms with Gasteiger partial charge in [0.15, 0.2) is 0 Å². The highest BCUT2D eigenvalue weighted by Crippen LogP contribution is 1.87. The van der Waals surface area contributed by atoms with E-state index in [2.05, 4.69) is 12.1 Å². The van der Waals surface area contributed by atoms with Gasteiger partial charge in [0.2, 0.25) is 0 Å². The third kappa shape index (κ3) is 1.61. The van der Waals surface area contributed by atoms with Gasteiger partial charge < -0.3 is 4.65 Å². The summed E-state index contributed by atoms with van der Waals surface area (Å²) in [4.78, 5) is 0. The highest BCUT2D eigenvalue weighted by atomic mass is 16.4. The maximum atomic E-state index is 5.14. The molecule has 0 bridgehead atoms. The van der Waals surface area contributed by atoms with E-state index in [0.717, 1.165) is 0 Å². The second kappa shape index (κ2) is 3.42. The molecule has 0 atom stereocenters. The largest absolute Gasteiger partial charge is 0.434 e. The van der Waals surface area contributed by atoms with Crippen molar-refractivity contribution in [2.75, 3.05) is 7.11 Å². The Bertz CT molecular complexity index is 186. The number of rotatable bonds is 2. The Morgan fingerprint density at radius 2 is 1.80 bits per heavy atom. The molecule has 0 fully saturated rings. The summed E-state index contributed by atoms with van der Waals surface area (Å²) in [6.07, 6.45) is 0. The predicted octanol–water partition coefficient (Wildman–Crippen LogP) is 1.16. The molecule has 0 spiro atoms. The van der Waals surface area contributed by atoms with Crippen LogP contribution >= 0.6 is 0 Å². The van der Waals surface area contributed by atoms with Crippen molar-refractivity contribution in [2.45, 2.75) is 6.82 Å². The van der Waals surface area contributed by atoms with E-state index in [9.17, 15) is 0 Å². The molecule has 52 valence electrons. The van der Waals surface area contributed by atoms with Crippen molar-refractivity contribution in [3.8, 4) is 0 Å². The van der Waals surface area contributed by atoms with Crippen LogP contribution in [0.1, 0.15) is 0 Å². The van der Waals surface area contributed by atoms with Crippen LogP contribution in [0.5, 0.6) is 0 Å². The minimum absolute atomic E-state index is 0.209. The van der Waals surface area contributed by atoms with Crippen LogP contribution in [0.2, 0.25) is 6.82 Å². The van der Waals surface area contributed by atoms with E-state index >= 15 is 0 Å². The molecule has 1 aromatic carbocycles. The molecule has 0 saturated carbocycles. The summed E-state index contributed by atoms with van der Waals surface area (Å²) in [6.45, 7) is 2.25. The Morgan fingerprint density at radius 1 is 1.20 bits per heavy atom. The Kier molecular flexibility index (Phi) is 2.52. The first kappa shape index (κ1) is 7.35. The van der Waals surface area contributed by atoms with E-state index in [-0.39, 0.29) is 6.92 Å². The van der Waals surface area contributed by atoms with Crippen molar-refractivity contribution in [3.05, 3.63) is 30.3 Å². The van der Waals surface area contributed by atoms with Crippen molar-refractivity contribution in [2.24, 2.45) is 0 Å². The fourth-order valence-corrected chi connectivity index (χ4v) is 0.860. The van der Waals surface area contributed by atoms with Crippen molar-refractivity contribution in [3.63, 3.8) is 0 Å². The third-order valence-electron chi connectivity index (χ3n) is 1.62. The summed E-state index contributed by atoms with van der Waals surface area (Å²) < 4.78 is 5.14. The standard InChI is InChI=1S/C8H11BO/c1-9(10-2)8-6-4-3-5-7-8/h3-7H,1-2H3. The minimum atomic E-state index is 0.209. The van der Waals surface area contributed by atoms with Gasteiger partial charge in [-0.3, -0.25) is 0 Å². The normalized spacial score (nSPS) is 9.40. The lowest BCUT2D eigenvalue weighted by Crippen LogP contribution is -2.28. The molecule has 0 amide bonds. The predicted molar refractivity (Wildman–Crippen MR) is 44.7 cm³/mol. The first-order valence-electron chi connectivity index (χ1n) is 3.42. The number of hydrogen-bond acceptors (Lipinski definition) is 1. The monoisotopic (exact) mass is 134 g/mol. The highest BCUT2D eigenvalue weighted by Gasteiger charge is 2.06. The molecule has 0 aliphatic carbocycles. The molecule has 0 heterocycles. The average Bonchev–Trinajstić information content (AvgIpc) is 2.05. The zero-order valence-electron chi connectivity index (χ0n) is 6.37. The Hall–Kier alpha value is -0.755. The van der Waals surface area contributed by atoms with Crippen molar-refractivity contribution >= 4 is 12.4 Å². The molecule has 0 N–H and O–H groups in total. The van der Waals surface area contributed by atoms with Crippen LogP contribution < -0.4 is 5.46 Å². The molecular weight excluding hydrogens is 123 g/mol. The Labute approximate surface area is 62.1 Å². The van der Waals surface area contributed by atoms with Crippen LogP contribution in [0, 0.1) is 0 Å². The molecule has 0 unspecified atom stereocenters. The molecule has 2 heteroatoms. The van der Waals surface area contributed by atoms with E-state index in [4.69, 9.17) is 4.65 Å². The van der Waals surface area contributed by atoms with Crippen molar-refractivity contribution in [1.82, 2.24) is 0 Å². The summed E-state index contributed by atoms with van der Waals surface area (Å²) in [5, 5.41) is 0. The van der Waals surface area contributed by atoms with Gasteiger partial charge >= 0.3 is 6.92 Å². The zero-order chi connectivity index (χ0) is 7.40. The molecule has 1 nitrogen and oxygen atoms in total. The molecule has 1 aromatic rings. The topological polar surface area (TPSA) is 9.23 Å². The van der Waals surface area contributed by atoms with E-state index in [0.29, 0.717) is 0 Å². The van der Waals surface area contributed by atoms with Gasteiger partial charge in [0.05, 0.1) is 0 Å². The number of benzene rings is 1. The van der Waals surface area contributed by atoms with Crippen molar-refractivity contribution in [1.29, 1.82) is 0 Å². The van der Waals surface area contributed by atoms with Gasteiger partial charge in [0, 0.05) is 7.11 Å².